The molecule has 0 heterocycles. The van der Waals surface area contributed by atoms with Gasteiger partial charge >= 0.3 is 0 Å². The fourth-order valence-corrected chi connectivity index (χ4v) is 5.40. The summed E-state index contributed by atoms with van der Waals surface area (Å²) in [5.41, 5.74) is 1.44. The van der Waals surface area contributed by atoms with E-state index >= 15 is 0 Å². The summed E-state index contributed by atoms with van der Waals surface area (Å²) in [6, 6.07) is 20.1. The van der Waals surface area contributed by atoms with Crippen molar-refractivity contribution in [3.05, 3.63) is 94.0 Å². The average Bonchev–Trinajstić information content (AvgIpc) is 2.92. The van der Waals surface area contributed by atoms with Gasteiger partial charge in [0.1, 0.15) is 23.0 Å². The lowest BCUT2D eigenvalue weighted by atomic mass is 9.72. The van der Waals surface area contributed by atoms with Crippen LogP contribution in [0.2, 0.25) is 0 Å². The molecule has 0 aromatic heterocycles. The topological polar surface area (TPSA) is 111 Å². The van der Waals surface area contributed by atoms with Crippen molar-refractivity contribution in [2.24, 2.45) is 11.3 Å². The zero-order valence-electron chi connectivity index (χ0n) is 25.9. The van der Waals surface area contributed by atoms with Gasteiger partial charge in [-0.25, -0.2) is 0 Å². The molecule has 0 aliphatic rings. The van der Waals surface area contributed by atoms with Crippen LogP contribution in [-0.4, -0.2) is 22.5 Å². The predicted molar refractivity (Wildman–Crippen MR) is 171 cm³/mol. The fraction of sp³-hybridized carbons (Fsp3) is 0.343. The molecule has 0 bridgehead atoms. The Hall–Kier alpha value is -4.59. The van der Waals surface area contributed by atoms with Crippen LogP contribution in [0.25, 0.3) is 10.8 Å². The number of nitro groups is 1. The number of phenolic OH excluding ortho intramolecular Hbond substituents is 1. The van der Waals surface area contributed by atoms with Crippen LogP contribution in [0.3, 0.4) is 0 Å². The van der Waals surface area contributed by atoms with Gasteiger partial charge in [-0.3, -0.25) is 14.9 Å². The molecule has 0 saturated heterocycles. The number of aromatic hydroxyl groups is 1. The Labute approximate surface area is 252 Å². The maximum atomic E-state index is 13.8. The zero-order valence-corrected chi connectivity index (χ0v) is 25.9. The Bertz CT molecular complexity index is 1640. The van der Waals surface area contributed by atoms with E-state index in [4.69, 9.17) is 9.47 Å². The summed E-state index contributed by atoms with van der Waals surface area (Å²) in [5, 5.41) is 26.3. The third-order valence-electron chi connectivity index (χ3n) is 7.05. The first-order chi connectivity index (χ1) is 20.1. The summed E-state index contributed by atoms with van der Waals surface area (Å²) in [7, 11) is 0. The summed E-state index contributed by atoms with van der Waals surface area (Å²) in [4.78, 5) is 24.4. The van der Waals surface area contributed by atoms with Gasteiger partial charge in [-0.2, -0.15) is 0 Å². The van der Waals surface area contributed by atoms with E-state index in [1.165, 1.54) is 30.3 Å². The number of nitrogens with zero attached hydrogens (tertiary/aromatic N) is 1. The number of ether oxygens (including phenoxy) is 2. The summed E-state index contributed by atoms with van der Waals surface area (Å²) < 4.78 is 12.2. The number of hydrogen-bond donors (Lipinski definition) is 2. The minimum absolute atomic E-state index is 0.0183. The molecule has 43 heavy (non-hydrogen) atoms. The molecule has 0 fully saturated rings. The minimum atomic E-state index is -0.531. The maximum Gasteiger partial charge on any atom is 0.269 e. The van der Waals surface area contributed by atoms with Crippen molar-refractivity contribution in [1.82, 2.24) is 0 Å². The molecule has 8 nitrogen and oxygen atoms in total. The Morgan fingerprint density at radius 2 is 1.58 bits per heavy atom. The van der Waals surface area contributed by atoms with Crippen LogP contribution in [0.1, 0.15) is 70.8 Å². The number of rotatable bonds is 10. The van der Waals surface area contributed by atoms with Gasteiger partial charge in [0, 0.05) is 22.9 Å². The first-order valence-electron chi connectivity index (χ1n) is 14.4. The number of carbonyl (C=O) groups is 1. The SMILES string of the molecule is CC(C)COc1ccc(C(C)(C)CC(C)(C)C)cc1NC(=O)c1cc(Oc2ccc([N+](=O)[O-])cc2)c2ccccc2c1O. The first kappa shape index (κ1) is 31.3. The number of nitro benzene ring substituents is 1. The van der Waals surface area contributed by atoms with E-state index in [9.17, 15) is 20.0 Å². The van der Waals surface area contributed by atoms with E-state index in [0.717, 1.165) is 12.0 Å². The molecule has 0 spiro atoms. The number of non-ortho nitro benzene ring substituents is 1. The molecule has 226 valence electrons. The summed E-state index contributed by atoms with van der Waals surface area (Å²) in [6.07, 6.45) is 0.925. The van der Waals surface area contributed by atoms with E-state index < -0.39 is 10.8 Å². The second-order valence-electron chi connectivity index (χ2n) is 13.2. The molecule has 0 radical (unpaired) electrons. The van der Waals surface area contributed by atoms with Crippen LogP contribution in [0.5, 0.6) is 23.0 Å². The number of fused-ring (bicyclic) bond motifs is 1. The van der Waals surface area contributed by atoms with Crippen molar-refractivity contribution >= 4 is 28.1 Å². The van der Waals surface area contributed by atoms with Crippen LogP contribution in [-0.2, 0) is 5.41 Å². The number of benzene rings is 4. The van der Waals surface area contributed by atoms with Crippen molar-refractivity contribution < 1.29 is 24.3 Å². The van der Waals surface area contributed by atoms with E-state index in [1.54, 1.807) is 24.3 Å². The highest BCUT2D eigenvalue weighted by atomic mass is 16.6. The highest BCUT2D eigenvalue weighted by Gasteiger charge is 2.29. The normalized spacial score (nSPS) is 11.9. The molecule has 2 N–H and O–H groups in total. The maximum absolute atomic E-state index is 13.8. The molecule has 0 atom stereocenters. The van der Waals surface area contributed by atoms with Gasteiger partial charge in [0.25, 0.3) is 11.6 Å². The number of carbonyl (C=O) groups excluding carboxylic acids is 1. The zero-order chi connectivity index (χ0) is 31.5. The Morgan fingerprint density at radius 1 is 0.930 bits per heavy atom. The third kappa shape index (κ3) is 7.63. The van der Waals surface area contributed by atoms with Crippen LogP contribution in [0.4, 0.5) is 11.4 Å². The fourth-order valence-electron chi connectivity index (χ4n) is 5.40. The van der Waals surface area contributed by atoms with E-state index in [1.807, 2.05) is 18.2 Å². The molecule has 1 amide bonds. The lowest BCUT2D eigenvalue weighted by molar-refractivity contribution is -0.384. The summed E-state index contributed by atoms with van der Waals surface area (Å²) in [5.74, 6) is 0.786. The number of amides is 1. The van der Waals surface area contributed by atoms with Gasteiger partial charge in [-0.1, -0.05) is 78.8 Å². The lowest BCUT2D eigenvalue weighted by Gasteiger charge is -2.33. The molecule has 4 aromatic carbocycles. The summed E-state index contributed by atoms with van der Waals surface area (Å²) >= 11 is 0. The van der Waals surface area contributed by atoms with E-state index in [0.29, 0.717) is 40.3 Å². The van der Waals surface area contributed by atoms with Crippen molar-refractivity contribution in [2.45, 2.75) is 60.3 Å². The average molecular weight is 585 g/mol. The molecule has 4 aromatic rings. The number of nitrogens with one attached hydrogen (secondary N) is 1. The molecule has 0 aliphatic heterocycles. The Morgan fingerprint density at radius 3 is 2.19 bits per heavy atom. The number of phenols is 1. The quantitative estimate of drug-likeness (QED) is 0.142. The van der Waals surface area contributed by atoms with E-state index in [-0.39, 0.29) is 33.7 Å². The van der Waals surface area contributed by atoms with Crippen molar-refractivity contribution in [3.8, 4) is 23.0 Å². The second-order valence-corrected chi connectivity index (χ2v) is 13.2. The first-order valence-corrected chi connectivity index (χ1v) is 14.4. The summed E-state index contributed by atoms with van der Waals surface area (Å²) in [6.45, 7) is 15.6. The highest BCUT2D eigenvalue weighted by molar-refractivity contribution is 6.11. The second kappa shape index (κ2) is 12.3. The van der Waals surface area contributed by atoms with Crippen LogP contribution in [0, 0.1) is 21.4 Å². The standard InChI is InChI=1S/C35H40N2O6/c1-22(2)20-42-30-17-12-23(35(6,7)21-34(3,4)5)18-29(30)36-33(39)28-19-31(26-10-8-9-11-27(26)32(28)38)43-25-15-13-24(14-16-25)37(40)41/h8-19,22,38H,20-21H2,1-7H3,(H,36,39). The highest BCUT2D eigenvalue weighted by Crippen LogP contribution is 2.41. The Kier molecular flexibility index (Phi) is 8.99. The van der Waals surface area contributed by atoms with Gasteiger partial charge in [0.15, 0.2) is 0 Å². The molecule has 0 unspecified atom stereocenters. The van der Waals surface area contributed by atoms with Crippen LogP contribution < -0.4 is 14.8 Å². The predicted octanol–water partition coefficient (Wildman–Crippen LogP) is 9.25. The van der Waals surface area contributed by atoms with Gasteiger partial charge in [-0.05, 0) is 59.1 Å². The number of hydrogen-bond acceptors (Lipinski definition) is 6. The van der Waals surface area contributed by atoms with Gasteiger partial charge < -0.3 is 19.9 Å². The smallest absolute Gasteiger partial charge is 0.269 e. The molecule has 8 heteroatoms. The number of anilines is 1. The van der Waals surface area contributed by atoms with Gasteiger partial charge in [0.05, 0.1) is 22.8 Å². The monoisotopic (exact) mass is 584 g/mol. The lowest BCUT2D eigenvalue weighted by Crippen LogP contribution is -2.25. The third-order valence-corrected chi connectivity index (χ3v) is 7.05. The molecule has 0 saturated carbocycles. The van der Waals surface area contributed by atoms with Crippen LogP contribution >= 0.6 is 0 Å². The van der Waals surface area contributed by atoms with Crippen molar-refractivity contribution in [3.63, 3.8) is 0 Å². The molecular weight excluding hydrogens is 544 g/mol. The minimum Gasteiger partial charge on any atom is -0.506 e. The van der Waals surface area contributed by atoms with Crippen LogP contribution in [0.15, 0.2) is 72.8 Å². The van der Waals surface area contributed by atoms with Gasteiger partial charge in [0.2, 0.25) is 0 Å². The largest absolute Gasteiger partial charge is 0.506 e. The molecule has 0 aliphatic carbocycles. The van der Waals surface area contributed by atoms with Crippen molar-refractivity contribution in [1.29, 1.82) is 0 Å². The van der Waals surface area contributed by atoms with Crippen molar-refractivity contribution in [2.75, 3.05) is 11.9 Å². The van der Waals surface area contributed by atoms with Gasteiger partial charge in [-0.15, -0.1) is 0 Å². The van der Waals surface area contributed by atoms with E-state index in [2.05, 4.69) is 53.8 Å². The molecular formula is C35H40N2O6. The molecule has 4 rings (SSSR count). The Balaban J connectivity index is 1.74.